The Hall–Kier alpha value is -9.82. The Morgan fingerprint density at radius 3 is 1.29 bits per heavy atom. The number of hydrogen-bond acceptors (Lipinski definition) is 1. The van der Waals surface area contributed by atoms with Crippen molar-refractivity contribution in [2.24, 2.45) is 0 Å². The zero-order valence-electron chi connectivity index (χ0n) is 44.1. The van der Waals surface area contributed by atoms with Gasteiger partial charge in [0.25, 0.3) is 0 Å². The minimum atomic E-state index is -0.466. The summed E-state index contributed by atoms with van der Waals surface area (Å²) in [6.45, 7) is 4.85. The van der Waals surface area contributed by atoms with Crippen molar-refractivity contribution in [3.8, 4) is 44.5 Å². The molecule has 14 aromatic rings. The van der Waals surface area contributed by atoms with E-state index in [1.807, 2.05) is 0 Å². The van der Waals surface area contributed by atoms with Crippen LogP contribution in [0, 0.1) is 0 Å². The topological polar surface area (TPSA) is 3.24 Å². The predicted molar refractivity (Wildman–Crippen MR) is 334 cm³/mol. The molecule has 16 rings (SSSR count). The third-order valence-corrected chi connectivity index (χ3v) is 17.9. The highest BCUT2D eigenvalue weighted by molar-refractivity contribution is 6.24. The van der Waals surface area contributed by atoms with Gasteiger partial charge in [-0.25, -0.2) is 0 Å². The van der Waals surface area contributed by atoms with Crippen molar-refractivity contribution < 1.29 is 0 Å². The Balaban J connectivity index is 0.883. The maximum atomic E-state index is 2.53. The van der Waals surface area contributed by atoms with Crippen molar-refractivity contribution in [1.82, 2.24) is 0 Å². The molecule has 2 aliphatic rings. The zero-order chi connectivity index (χ0) is 52.4. The van der Waals surface area contributed by atoms with Crippen molar-refractivity contribution in [2.75, 3.05) is 4.90 Å². The van der Waals surface area contributed by atoms with Crippen LogP contribution in [0.15, 0.2) is 285 Å². The van der Waals surface area contributed by atoms with Gasteiger partial charge in [-0.15, -0.1) is 0 Å². The van der Waals surface area contributed by atoms with E-state index in [1.165, 1.54) is 132 Å². The smallest absolute Gasteiger partial charge is 0.0713 e. The van der Waals surface area contributed by atoms with Crippen LogP contribution in [-0.2, 0) is 10.8 Å². The summed E-state index contributed by atoms with van der Waals surface area (Å²) in [5.74, 6) is 0. The van der Waals surface area contributed by atoms with Crippen LogP contribution >= 0.6 is 0 Å². The summed E-state index contributed by atoms with van der Waals surface area (Å²) >= 11 is 0. The lowest BCUT2D eigenvalue weighted by Crippen LogP contribution is -2.28. The first-order chi connectivity index (χ1) is 38.9. The number of anilines is 3. The number of rotatable bonds is 7. The summed E-state index contributed by atoms with van der Waals surface area (Å²) in [6.07, 6.45) is 0. The van der Waals surface area contributed by atoms with E-state index in [9.17, 15) is 0 Å². The maximum Gasteiger partial charge on any atom is 0.0713 e. The van der Waals surface area contributed by atoms with Crippen LogP contribution in [0.1, 0.15) is 47.2 Å². The molecule has 0 atom stereocenters. The van der Waals surface area contributed by atoms with Gasteiger partial charge < -0.3 is 4.90 Å². The van der Waals surface area contributed by atoms with Gasteiger partial charge in [-0.05, 0) is 170 Å². The van der Waals surface area contributed by atoms with Crippen LogP contribution in [0.25, 0.3) is 98.4 Å². The second-order valence-corrected chi connectivity index (χ2v) is 22.3. The molecule has 1 heteroatoms. The first-order valence-corrected chi connectivity index (χ1v) is 27.7. The fraction of sp³-hybridized carbons (Fsp3) is 0.0513. The molecule has 0 aromatic heterocycles. The summed E-state index contributed by atoms with van der Waals surface area (Å²) in [5.41, 5.74) is 20.7. The Bertz CT molecular complexity index is 4680. The summed E-state index contributed by atoms with van der Waals surface area (Å²) < 4.78 is 0. The molecule has 0 saturated heterocycles. The Morgan fingerprint density at radius 1 is 0.266 bits per heavy atom. The lowest BCUT2D eigenvalue weighted by Gasteiger charge is -2.34. The molecule has 370 valence electrons. The molecule has 2 aliphatic carbocycles. The van der Waals surface area contributed by atoms with Crippen molar-refractivity contribution in [1.29, 1.82) is 0 Å². The average Bonchev–Trinajstić information content (AvgIpc) is 4.15. The van der Waals surface area contributed by atoms with Crippen molar-refractivity contribution in [3.05, 3.63) is 318 Å². The maximum absolute atomic E-state index is 2.53. The Morgan fingerprint density at radius 2 is 0.696 bits per heavy atom. The molecule has 14 aromatic carbocycles. The van der Waals surface area contributed by atoms with E-state index in [0.29, 0.717) is 0 Å². The van der Waals surface area contributed by atoms with Gasteiger partial charge in [0.2, 0.25) is 0 Å². The molecule has 0 N–H and O–H groups in total. The molecule has 0 saturated carbocycles. The first kappa shape index (κ1) is 45.4. The summed E-state index contributed by atoms with van der Waals surface area (Å²) in [5, 5.41) is 12.4. The van der Waals surface area contributed by atoms with E-state index >= 15 is 0 Å². The summed E-state index contributed by atoms with van der Waals surface area (Å²) in [6, 6.07) is 107. The zero-order valence-corrected chi connectivity index (χ0v) is 44.1. The quantitative estimate of drug-likeness (QED) is 0.144. The highest BCUT2D eigenvalue weighted by Gasteiger charge is 2.46. The number of benzene rings is 14. The summed E-state index contributed by atoms with van der Waals surface area (Å²) in [7, 11) is 0. The van der Waals surface area contributed by atoms with Gasteiger partial charge in [-0.2, -0.15) is 0 Å². The van der Waals surface area contributed by atoms with Crippen LogP contribution in [0.2, 0.25) is 0 Å². The molecule has 0 fully saturated rings. The molecule has 0 spiro atoms. The fourth-order valence-electron chi connectivity index (χ4n) is 14.3. The van der Waals surface area contributed by atoms with Crippen LogP contribution in [0.4, 0.5) is 17.1 Å². The van der Waals surface area contributed by atoms with Gasteiger partial charge in [-0.3, -0.25) is 0 Å². The lowest BCUT2D eigenvalue weighted by atomic mass is 9.67. The van der Waals surface area contributed by atoms with Crippen LogP contribution in [0.3, 0.4) is 0 Å². The van der Waals surface area contributed by atoms with E-state index in [-0.39, 0.29) is 5.41 Å². The molecule has 0 bridgehead atoms. The Kier molecular flexibility index (Phi) is 9.97. The standard InChI is InChI=1S/C78H53N/c1-77(2)71-48-55(39-42-62(71)63-43-41-58(49-72(63)77)79(73-37-19-25-50-21-11-13-31-59(50)73)74-38-20-26-51-22-12-14-32-60(51)74)76-65-35-16-15-34-64(65)75(67-45-52-23-9-10-24-53(52)46-68(67)76)54-40-44-70-66(47-54)61-33-17-18-36-69(61)78(70,56-27-5-3-6-28-56)57-29-7-4-8-30-57/h3-49H,1-2H3. The van der Waals surface area contributed by atoms with Crippen LogP contribution < -0.4 is 4.90 Å². The third kappa shape index (κ3) is 6.63. The minimum absolute atomic E-state index is 0.298. The van der Waals surface area contributed by atoms with Crippen molar-refractivity contribution in [3.63, 3.8) is 0 Å². The second-order valence-electron chi connectivity index (χ2n) is 22.3. The van der Waals surface area contributed by atoms with Gasteiger partial charge >= 0.3 is 0 Å². The van der Waals surface area contributed by atoms with Gasteiger partial charge in [0, 0.05) is 21.9 Å². The summed E-state index contributed by atoms with van der Waals surface area (Å²) in [4.78, 5) is 2.49. The van der Waals surface area contributed by atoms with Crippen LogP contribution in [0.5, 0.6) is 0 Å². The first-order valence-electron chi connectivity index (χ1n) is 27.7. The molecular formula is C78H53N. The van der Waals surface area contributed by atoms with Gasteiger partial charge in [0.1, 0.15) is 0 Å². The van der Waals surface area contributed by atoms with E-state index < -0.39 is 5.41 Å². The molecule has 0 unspecified atom stereocenters. The van der Waals surface area contributed by atoms with E-state index in [1.54, 1.807) is 0 Å². The molecular weight excluding hydrogens is 951 g/mol. The van der Waals surface area contributed by atoms with Gasteiger partial charge in [0.05, 0.1) is 16.8 Å². The Labute approximate surface area is 461 Å². The third-order valence-electron chi connectivity index (χ3n) is 17.9. The largest absolute Gasteiger partial charge is 0.309 e. The van der Waals surface area contributed by atoms with Crippen molar-refractivity contribution in [2.45, 2.75) is 24.7 Å². The fourth-order valence-corrected chi connectivity index (χ4v) is 14.3. The molecule has 0 heterocycles. The molecule has 1 nitrogen and oxygen atoms in total. The van der Waals surface area contributed by atoms with Crippen LogP contribution in [-0.4, -0.2) is 0 Å². The highest BCUT2D eigenvalue weighted by atomic mass is 15.1. The molecule has 79 heavy (non-hydrogen) atoms. The minimum Gasteiger partial charge on any atom is -0.309 e. The lowest BCUT2D eigenvalue weighted by molar-refractivity contribution is 0.660. The molecule has 0 amide bonds. The number of hydrogen-bond donors (Lipinski definition) is 0. The monoisotopic (exact) mass is 1000 g/mol. The van der Waals surface area contributed by atoms with E-state index in [0.717, 1.165) is 17.1 Å². The highest BCUT2D eigenvalue weighted by Crippen LogP contribution is 2.58. The average molecular weight is 1000 g/mol. The normalized spacial score (nSPS) is 13.6. The molecule has 0 radical (unpaired) electrons. The van der Waals surface area contributed by atoms with Crippen molar-refractivity contribution >= 4 is 70.9 Å². The number of fused-ring (bicyclic) bond motifs is 11. The second kappa shape index (κ2) is 17.3. The van der Waals surface area contributed by atoms with E-state index in [2.05, 4.69) is 304 Å². The number of nitrogens with zero attached hydrogens (tertiary/aromatic N) is 1. The van der Waals surface area contributed by atoms with E-state index in [4.69, 9.17) is 0 Å². The van der Waals surface area contributed by atoms with Gasteiger partial charge in [0.15, 0.2) is 0 Å². The molecule has 0 aliphatic heterocycles. The SMILES string of the molecule is CC1(C)c2cc(-c3c4ccccc4c(-c4ccc5c(c4)-c4ccccc4C5(c4ccccc4)c4ccccc4)c4cc5ccccc5cc34)ccc2-c2ccc(N(c3cccc4ccccc34)c3cccc4ccccc34)cc21. The van der Waals surface area contributed by atoms with Gasteiger partial charge in [-0.1, -0.05) is 250 Å². The predicted octanol–water partition coefficient (Wildman–Crippen LogP) is 20.9.